The van der Waals surface area contributed by atoms with Gasteiger partial charge in [0.05, 0.1) is 5.69 Å². The first kappa shape index (κ1) is 13.2. The van der Waals surface area contributed by atoms with Gasteiger partial charge in [0.1, 0.15) is 19.0 Å². The summed E-state index contributed by atoms with van der Waals surface area (Å²) in [5, 5.41) is 0. The van der Waals surface area contributed by atoms with Gasteiger partial charge in [-0.25, -0.2) is 0 Å². The lowest BCUT2D eigenvalue weighted by Gasteiger charge is -2.09. The number of nitrogens with one attached hydrogen (secondary N) is 1. The van der Waals surface area contributed by atoms with Crippen LogP contribution in [0.4, 0.5) is 0 Å². The maximum atomic E-state index is 11.6. The van der Waals surface area contributed by atoms with Crippen molar-refractivity contribution in [2.45, 2.75) is 13.8 Å². The van der Waals surface area contributed by atoms with Crippen molar-refractivity contribution in [2.75, 3.05) is 13.2 Å². The van der Waals surface area contributed by atoms with Gasteiger partial charge in [0.2, 0.25) is 5.43 Å². The number of aromatic nitrogens is 1. The monoisotopic (exact) mass is 259 g/mol. The topological polar surface area (TPSA) is 51.3 Å². The number of H-pyrrole nitrogens is 1. The molecule has 4 heteroatoms. The van der Waals surface area contributed by atoms with Crippen LogP contribution in [0, 0.1) is 13.8 Å². The summed E-state index contributed by atoms with van der Waals surface area (Å²) in [6.45, 7) is 4.56. The van der Waals surface area contributed by atoms with Gasteiger partial charge in [-0.05, 0) is 26.0 Å². The number of rotatable bonds is 5. The average molecular weight is 259 g/mol. The third kappa shape index (κ3) is 3.61. The van der Waals surface area contributed by atoms with Crippen LogP contribution >= 0.6 is 0 Å². The largest absolute Gasteiger partial charge is 0.490 e. The Balaban J connectivity index is 1.84. The highest BCUT2D eigenvalue weighted by atomic mass is 16.5. The van der Waals surface area contributed by atoms with Crippen LogP contribution in [-0.4, -0.2) is 18.2 Å². The van der Waals surface area contributed by atoms with E-state index in [1.165, 1.54) is 11.6 Å². The second kappa shape index (κ2) is 6.09. The third-order valence-electron chi connectivity index (χ3n) is 2.72. The molecule has 100 valence electrons. The molecular weight excluding hydrogens is 242 g/mol. The predicted molar refractivity (Wildman–Crippen MR) is 74.0 cm³/mol. The van der Waals surface area contributed by atoms with Crippen molar-refractivity contribution in [3.05, 3.63) is 58.0 Å². The number of aromatic amines is 1. The van der Waals surface area contributed by atoms with E-state index < -0.39 is 0 Å². The molecule has 2 rings (SSSR count). The van der Waals surface area contributed by atoms with Crippen molar-refractivity contribution in [3.8, 4) is 11.5 Å². The highest BCUT2D eigenvalue weighted by Gasteiger charge is 2.04. The van der Waals surface area contributed by atoms with Gasteiger partial charge >= 0.3 is 0 Å². The maximum Gasteiger partial charge on any atom is 0.223 e. The normalized spacial score (nSPS) is 10.2. The van der Waals surface area contributed by atoms with Gasteiger partial charge in [0.25, 0.3) is 0 Å². The molecule has 0 fully saturated rings. The Hall–Kier alpha value is -2.23. The number of aryl methyl sites for hydroxylation is 2. The molecule has 0 aliphatic rings. The van der Waals surface area contributed by atoms with Crippen LogP contribution in [0.2, 0.25) is 0 Å². The van der Waals surface area contributed by atoms with Crippen molar-refractivity contribution in [2.24, 2.45) is 0 Å². The van der Waals surface area contributed by atoms with Crippen LogP contribution in [0.15, 0.2) is 41.3 Å². The van der Waals surface area contributed by atoms with Crippen LogP contribution in [0.1, 0.15) is 11.3 Å². The first-order chi connectivity index (χ1) is 9.16. The van der Waals surface area contributed by atoms with Gasteiger partial charge in [0.15, 0.2) is 5.75 Å². The van der Waals surface area contributed by atoms with Crippen LogP contribution in [0.3, 0.4) is 0 Å². The number of hydrogen-bond donors (Lipinski definition) is 1. The molecule has 0 unspecified atom stereocenters. The fourth-order valence-electron chi connectivity index (χ4n) is 1.69. The molecule has 0 spiro atoms. The first-order valence-corrected chi connectivity index (χ1v) is 6.17. The van der Waals surface area contributed by atoms with Gasteiger partial charge in [-0.15, -0.1) is 0 Å². The number of benzene rings is 1. The van der Waals surface area contributed by atoms with Gasteiger partial charge in [-0.2, -0.15) is 0 Å². The van der Waals surface area contributed by atoms with Crippen LogP contribution < -0.4 is 14.9 Å². The van der Waals surface area contributed by atoms with Gasteiger partial charge in [-0.1, -0.05) is 17.7 Å². The van der Waals surface area contributed by atoms with Crippen molar-refractivity contribution in [1.82, 2.24) is 4.98 Å². The molecule has 0 aliphatic carbocycles. The molecule has 0 amide bonds. The Morgan fingerprint density at radius 1 is 1.00 bits per heavy atom. The first-order valence-electron chi connectivity index (χ1n) is 6.17. The lowest BCUT2D eigenvalue weighted by molar-refractivity contribution is 0.214. The smallest absolute Gasteiger partial charge is 0.223 e. The van der Waals surface area contributed by atoms with E-state index in [9.17, 15) is 4.79 Å². The molecule has 0 bridgehead atoms. The van der Waals surface area contributed by atoms with E-state index in [1.807, 2.05) is 31.2 Å². The number of pyridine rings is 1. The SMILES string of the molecule is Cc1ccc(OCCOc2c(C)[nH]ccc2=O)cc1. The molecule has 4 nitrogen and oxygen atoms in total. The summed E-state index contributed by atoms with van der Waals surface area (Å²) in [5.74, 6) is 1.16. The zero-order valence-corrected chi connectivity index (χ0v) is 11.1. The predicted octanol–water partition coefficient (Wildman–Crippen LogP) is 2.45. The molecule has 0 aliphatic heterocycles. The van der Waals surface area contributed by atoms with E-state index >= 15 is 0 Å². The van der Waals surface area contributed by atoms with Gasteiger partial charge in [0, 0.05) is 12.3 Å². The highest BCUT2D eigenvalue weighted by molar-refractivity contribution is 5.27. The fraction of sp³-hybridized carbons (Fsp3) is 0.267. The lowest BCUT2D eigenvalue weighted by Crippen LogP contribution is -2.15. The molecule has 1 heterocycles. The number of hydrogen-bond acceptors (Lipinski definition) is 3. The molecule has 19 heavy (non-hydrogen) atoms. The van der Waals surface area contributed by atoms with Crippen molar-refractivity contribution in [3.63, 3.8) is 0 Å². The second-order valence-corrected chi connectivity index (χ2v) is 4.31. The third-order valence-corrected chi connectivity index (χ3v) is 2.72. The molecular formula is C15H17NO3. The second-order valence-electron chi connectivity index (χ2n) is 4.31. The minimum atomic E-state index is -0.119. The van der Waals surface area contributed by atoms with E-state index in [2.05, 4.69) is 4.98 Å². The summed E-state index contributed by atoms with van der Waals surface area (Å²) in [6.07, 6.45) is 1.60. The maximum absolute atomic E-state index is 11.6. The average Bonchev–Trinajstić information content (AvgIpc) is 2.39. The van der Waals surface area contributed by atoms with E-state index in [4.69, 9.17) is 9.47 Å². The summed E-state index contributed by atoms with van der Waals surface area (Å²) in [6, 6.07) is 9.25. The van der Waals surface area contributed by atoms with Crippen LogP contribution in [0.25, 0.3) is 0 Å². The molecule has 1 aromatic heterocycles. The Labute approximate surface area is 112 Å². The molecule has 2 aromatic rings. The van der Waals surface area contributed by atoms with E-state index in [0.717, 1.165) is 11.4 Å². The quantitative estimate of drug-likeness (QED) is 0.839. The molecule has 0 saturated heterocycles. The Morgan fingerprint density at radius 3 is 2.37 bits per heavy atom. The summed E-state index contributed by atoms with van der Waals surface area (Å²) in [4.78, 5) is 14.5. The van der Waals surface area contributed by atoms with E-state index in [0.29, 0.717) is 19.0 Å². The molecule has 0 saturated carbocycles. The van der Waals surface area contributed by atoms with E-state index in [1.54, 1.807) is 13.1 Å². The summed E-state index contributed by atoms with van der Waals surface area (Å²) in [7, 11) is 0. The van der Waals surface area contributed by atoms with Gasteiger partial charge in [-0.3, -0.25) is 4.79 Å². The standard InChI is InChI=1S/C15H17NO3/c1-11-3-5-13(6-4-11)18-9-10-19-15-12(2)16-8-7-14(15)17/h3-8H,9-10H2,1-2H3,(H,16,17). The Kier molecular flexibility index (Phi) is 4.23. The summed E-state index contributed by atoms with van der Waals surface area (Å²) in [5.41, 5.74) is 1.80. The van der Waals surface area contributed by atoms with Crippen molar-refractivity contribution in [1.29, 1.82) is 0 Å². The minimum absolute atomic E-state index is 0.119. The van der Waals surface area contributed by atoms with Crippen LogP contribution in [-0.2, 0) is 0 Å². The van der Waals surface area contributed by atoms with Crippen molar-refractivity contribution >= 4 is 0 Å². The fourth-order valence-corrected chi connectivity index (χ4v) is 1.69. The highest BCUT2D eigenvalue weighted by Crippen LogP contribution is 2.11. The minimum Gasteiger partial charge on any atom is -0.490 e. The zero-order chi connectivity index (χ0) is 13.7. The molecule has 1 aromatic carbocycles. The van der Waals surface area contributed by atoms with E-state index in [-0.39, 0.29) is 5.43 Å². The zero-order valence-electron chi connectivity index (χ0n) is 11.1. The van der Waals surface area contributed by atoms with Crippen LogP contribution in [0.5, 0.6) is 11.5 Å². The Bertz CT molecular complexity index is 587. The van der Waals surface area contributed by atoms with Crippen molar-refractivity contribution < 1.29 is 9.47 Å². The lowest BCUT2D eigenvalue weighted by atomic mass is 10.2. The molecule has 1 N–H and O–H groups in total. The summed E-state index contributed by atoms with van der Waals surface area (Å²) < 4.78 is 11.0. The number of ether oxygens (including phenoxy) is 2. The summed E-state index contributed by atoms with van der Waals surface area (Å²) >= 11 is 0. The Morgan fingerprint density at radius 2 is 1.68 bits per heavy atom. The molecule has 0 radical (unpaired) electrons. The van der Waals surface area contributed by atoms with Gasteiger partial charge < -0.3 is 14.5 Å². The molecule has 0 atom stereocenters.